The number of nitrogens with zero attached hydrogens (tertiary/aromatic N) is 2. The molecule has 0 spiro atoms. The Morgan fingerprint density at radius 1 is 0.472 bits per heavy atom. The van der Waals surface area contributed by atoms with Gasteiger partial charge in [0.2, 0.25) is 0 Å². The maximum absolute atomic E-state index is 5.42. The fraction of sp³-hybridized carbons (Fsp3) is 0.188. The smallest absolute Gasteiger partial charge is 0.118 e. The molecule has 0 bridgehead atoms. The highest BCUT2D eigenvalue weighted by Crippen LogP contribution is 2.29. The molecule has 0 amide bonds. The van der Waals surface area contributed by atoms with Gasteiger partial charge in [-0.15, -0.1) is 0 Å². The highest BCUT2D eigenvalue weighted by molar-refractivity contribution is 6.54. The van der Waals surface area contributed by atoms with E-state index < -0.39 is 0 Å². The summed E-state index contributed by atoms with van der Waals surface area (Å²) in [5.74, 6) is 1.59. The van der Waals surface area contributed by atoms with Gasteiger partial charge >= 0.3 is 0 Å². The highest BCUT2D eigenvalue weighted by Gasteiger charge is 2.18. The molecule has 0 heterocycles. The van der Waals surface area contributed by atoms with Gasteiger partial charge in [-0.1, -0.05) is 36.4 Å². The first-order chi connectivity index (χ1) is 17.4. The van der Waals surface area contributed by atoms with E-state index >= 15 is 0 Å². The van der Waals surface area contributed by atoms with Gasteiger partial charge in [0.1, 0.15) is 11.5 Å². The van der Waals surface area contributed by atoms with Gasteiger partial charge in [0.25, 0.3) is 0 Å². The average Bonchev–Trinajstić information content (AvgIpc) is 2.89. The lowest BCUT2D eigenvalue weighted by atomic mass is 9.97. The molecule has 0 aliphatic carbocycles. The number of aliphatic imine (C=N–C) groups is 2. The molecule has 0 saturated heterocycles. The van der Waals surface area contributed by atoms with E-state index in [1.54, 1.807) is 14.2 Å². The molecule has 182 valence electrons. The Labute approximate surface area is 214 Å². The third-order valence-corrected chi connectivity index (χ3v) is 6.28. The topological polar surface area (TPSA) is 43.2 Å². The van der Waals surface area contributed by atoms with Crippen LogP contribution in [0, 0.1) is 27.7 Å². The maximum Gasteiger partial charge on any atom is 0.118 e. The van der Waals surface area contributed by atoms with E-state index in [0.29, 0.717) is 0 Å². The zero-order valence-electron chi connectivity index (χ0n) is 21.8. The normalized spacial score (nSPS) is 11.9. The number of ether oxygens (including phenoxy) is 2. The summed E-state index contributed by atoms with van der Waals surface area (Å²) in [6.45, 7) is 8.36. The molecule has 4 aromatic rings. The van der Waals surface area contributed by atoms with Gasteiger partial charge in [0, 0.05) is 11.1 Å². The Hall–Kier alpha value is -4.18. The Morgan fingerprint density at radius 2 is 0.778 bits per heavy atom. The molecule has 36 heavy (non-hydrogen) atoms. The first-order valence-electron chi connectivity index (χ1n) is 12.0. The molecule has 4 aromatic carbocycles. The molecular formula is C32H32N2O2. The van der Waals surface area contributed by atoms with Crippen LogP contribution in [0.2, 0.25) is 0 Å². The zero-order chi connectivity index (χ0) is 25.7. The van der Waals surface area contributed by atoms with Gasteiger partial charge in [-0.2, -0.15) is 0 Å². The highest BCUT2D eigenvalue weighted by atomic mass is 16.5. The third kappa shape index (κ3) is 5.38. The quantitative estimate of drug-likeness (QED) is 0.255. The number of benzene rings is 4. The van der Waals surface area contributed by atoms with Gasteiger partial charge in [0.05, 0.1) is 37.0 Å². The third-order valence-electron chi connectivity index (χ3n) is 6.28. The molecule has 4 nitrogen and oxygen atoms in total. The van der Waals surface area contributed by atoms with Crippen LogP contribution >= 0.6 is 0 Å². The van der Waals surface area contributed by atoms with Crippen molar-refractivity contribution in [3.05, 3.63) is 118 Å². The minimum atomic E-state index is 0.794. The summed E-state index contributed by atoms with van der Waals surface area (Å²) in [5.41, 5.74) is 9.86. The van der Waals surface area contributed by atoms with Crippen LogP contribution in [0.15, 0.2) is 94.9 Å². The van der Waals surface area contributed by atoms with Gasteiger partial charge < -0.3 is 9.47 Å². The first-order valence-corrected chi connectivity index (χ1v) is 12.0. The van der Waals surface area contributed by atoms with Crippen LogP contribution < -0.4 is 9.47 Å². The van der Waals surface area contributed by atoms with Crippen molar-refractivity contribution in [3.63, 3.8) is 0 Å². The first kappa shape index (κ1) is 24.9. The summed E-state index contributed by atoms with van der Waals surface area (Å²) in [6, 6.07) is 28.5. The van der Waals surface area contributed by atoms with Crippen LogP contribution in [0.25, 0.3) is 0 Å². The average molecular weight is 477 g/mol. The predicted octanol–water partition coefficient (Wildman–Crippen LogP) is 7.88. The Morgan fingerprint density at radius 3 is 1.06 bits per heavy atom. The van der Waals surface area contributed by atoms with Gasteiger partial charge in [0.15, 0.2) is 0 Å². The number of methoxy groups -OCH3 is 2. The summed E-state index contributed by atoms with van der Waals surface area (Å²) < 4.78 is 10.8. The van der Waals surface area contributed by atoms with Crippen molar-refractivity contribution < 1.29 is 9.47 Å². The van der Waals surface area contributed by atoms with Gasteiger partial charge in [-0.05, 0) is 98.5 Å². The van der Waals surface area contributed by atoms with Crippen LogP contribution in [0.1, 0.15) is 33.4 Å². The Kier molecular flexibility index (Phi) is 7.65. The van der Waals surface area contributed by atoms with Crippen molar-refractivity contribution in [1.29, 1.82) is 0 Å². The standard InChI is InChI=1S/C32H32N2O2/c1-21-9-7-10-22(2)29(21)33-31(25-13-17-27(35-5)18-14-25)32(26-15-19-28(36-6)20-16-26)34-30-23(3)11-8-12-24(30)4/h7-20H,1-6H3. The molecule has 0 aliphatic heterocycles. The molecule has 4 rings (SSSR count). The van der Waals surface area contributed by atoms with Gasteiger partial charge in [-0.25, -0.2) is 9.98 Å². The van der Waals surface area contributed by atoms with Crippen molar-refractivity contribution in [1.82, 2.24) is 0 Å². The number of aryl methyl sites for hydroxylation is 4. The van der Waals surface area contributed by atoms with Crippen molar-refractivity contribution >= 4 is 22.8 Å². The second-order valence-electron chi connectivity index (χ2n) is 8.86. The van der Waals surface area contributed by atoms with Crippen LogP contribution in [-0.2, 0) is 0 Å². The molecule has 0 fully saturated rings. The van der Waals surface area contributed by atoms with Crippen molar-refractivity contribution in [3.8, 4) is 11.5 Å². The number of rotatable bonds is 7. The lowest BCUT2D eigenvalue weighted by molar-refractivity contribution is 0.414. The fourth-order valence-corrected chi connectivity index (χ4v) is 4.19. The summed E-state index contributed by atoms with van der Waals surface area (Å²) in [4.78, 5) is 10.5. The molecule has 0 N–H and O–H groups in total. The number of hydrogen-bond acceptors (Lipinski definition) is 4. The van der Waals surface area contributed by atoms with E-state index in [2.05, 4.69) is 64.1 Å². The molecule has 0 atom stereocenters. The largest absolute Gasteiger partial charge is 0.497 e. The lowest BCUT2D eigenvalue weighted by Crippen LogP contribution is -2.17. The predicted molar refractivity (Wildman–Crippen MR) is 150 cm³/mol. The summed E-state index contributed by atoms with van der Waals surface area (Å²) in [7, 11) is 3.35. The number of para-hydroxylation sites is 2. The van der Waals surface area contributed by atoms with E-state index in [1.165, 1.54) is 0 Å². The molecule has 0 radical (unpaired) electrons. The van der Waals surface area contributed by atoms with Gasteiger partial charge in [-0.3, -0.25) is 0 Å². The Balaban J connectivity index is 2.04. The molecule has 0 saturated carbocycles. The van der Waals surface area contributed by atoms with Crippen LogP contribution in [0.4, 0.5) is 11.4 Å². The van der Waals surface area contributed by atoms with Crippen molar-refractivity contribution in [2.45, 2.75) is 27.7 Å². The lowest BCUT2D eigenvalue weighted by Gasteiger charge is -2.16. The van der Waals surface area contributed by atoms with E-state index in [-0.39, 0.29) is 0 Å². The second-order valence-corrected chi connectivity index (χ2v) is 8.86. The fourth-order valence-electron chi connectivity index (χ4n) is 4.19. The summed E-state index contributed by atoms with van der Waals surface area (Å²) >= 11 is 0. The van der Waals surface area contributed by atoms with Crippen LogP contribution in [0.3, 0.4) is 0 Å². The minimum Gasteiger partial charge on any atom is -0.497 e. The minimum absolute atomic E-state index is 0.794. The maximum atomic E-state index is 5.42. The second kappa shape index (κ2) is 11.0. The molecule has 0 unspecified atom stereocenters. The van der Waals surface area contributed by atoms with E-state index in [9.17, 15) is 0 Å². The van der Waals surface area contributed by atoms with Crippen molar-refractivity contribution in [2.75, 3.05) is 14.2 Å². The molecule has 0 aromatic heterocycles. The molecule has 4 heteroatoms. The SMILES string of the molecule is COc1ccc(C(=Nc2c(C)cccc2C)C(=Nc2c(C)cccc2C)c2ccc(OC)cc2)cc1. The van der Waals surface area contributed by atoms with Crippen LogP contribution in [-0.4, -0.2) is 25.6 Å². The van der Waals surface area contributed by atoms with E-state index in [0.717, 1.165) is 67.7 Å². The monoisotopic (exact) mass is 476 g/mol. The van der Waals surface area contributed by atoms with E-state index in [1.807, 2.05) is 48.5 Å². The molecule has 0 aliphatic rings. The van der Waals surface area contributed by atoms with Crippen molar-refractivity contribution in [2.24, 2.45) is 9.98 Å². The van der Waals surface area contributed by atoms with Crippen LogP contribution in [0.5, 0.6) is 11.5 Å². The Bertz CT molecular complexity index is 1260. The summed E-state index contributed by atoms with van der Waals surface area (Å²) in [5, 5.41) is 0. The summed E-state index contributed by atoms with van der Waals surface area (Å²) in [6.07, 6.45) is 0. The molecular weight excluding hydrogens is 444 g/mol. The zero-order valence-corrected chi connectivity index (χ0v) is 21.8. The number of hydrogen-bond donors (Lipinski definition) is 0. The van der Waals surface area contributed by atoms with E-state index in [4.69, 9.17) is 19.5 Å².